The molecule has 0 radical (unpaired) electrons. The van der Waals surface area contributed by atoms with Crippen molar-refractivity contribution >= 4 is 23.5 Å². The van der Waals surface area contributed by atoms with Gasteiger partial charge in [-0.2, -0.15) is 0 Å². The maximum absolute atomic E-state index is 12.1. The molecule has 1 atom stereocenters. The average molecular weight is 327 g/mol. The maximum atomic E-state index is 12.1. The van der Waals surface area contributed by atoms with Gasteiger partial charge in [-0.3, -0.25) is 0 Å². The number of ether oxygens (including phenoxy) is 1. The fourth-order valence-electron chi connectivity index (χ4n) is 2.40. The van der Waals surface area contributed by atoms with E-state index in [2.05, 4.69) is 15.3 Å². The van der Waals surface area contributed by atoms with E-state index in [0.29, 0.717) is 23.4 Å². The van der Waals surface area contributed by atoms with Gasteiger partial charge in [0.1, 0.15) is 22.9 Å². The Kier molecular flexibility index (Phi) is 5.45. The van der Waals surface area contributed by atoms with Crippen LogP contribution >= 0.6 is 11.6 Å². The molecule has 1 amide bonds. The van der Waals surface area contributed by atoms with Crippen LogP contribution in [0, 0.1) is 5.92 Å². The van der Waals surface area contributed by atoms with Gasteiger partial charge in [-0.25, -0.2) is 14.8 Å². The molecule has 1 N–H and O–H groups in total. The molecule has 0 spiro atoms. The first-order valence-corrected chi connectivity index (χ1v) is 7.90. The van der Waals surface area contributed by atoms with Crippen molar-refractivity contribution in [1.29, 1.82) is 0 Å². The van der Waals surface area contributed by atoms with E-state index in [9.17, 15) is 4.79 Å². The van der Waals surface area contributed by atoms with Crippen molar-refractivity contribution in [3.63, 3.8) is 0 Å². The number of hydrogen-bond donors (Lipinski definition) is 1. The van der Waals surface area contributed by atoms with Crippen molar-refractivity contribution < 1.29 is 9.53 Å². The van der Waals surface area contributed by atoms with Crippen molar-refractivity contribution in [1.82, 2.24) is 14.9 Å². The van der Waals surface area contributed by atoms with Crippen molar-refractivity contribution in [2.45, 2.75) is 39.2 Å². The second-order valence-electron chi connectivity index (χ2n) is 6.54. The third-order valence-electron chi connectivity index (χ3n) is 3.38. The number of likely N-dealkylation sites (tertiary alicyclic amines) is 1. The van der Waals surface area contributed by atoms with Gasteiger partial charge in [0.05, 0.1) is 0 Å². The number of carbonyl (C=O) groups is 1. The highest BCUT2D eigenvalue weighted by molar-refractivity contribution is 6.29. The van der Waals surface area contributed by atoms with E-state index in [-0.39, 0.29) is 6.09 Å². The molecule has 22 heavy (non-hydrogen) atoms. The zero-order valence-electron chi connectivity index (χ0n) is 13.3. The molecule has 0 aliphatic carbocycles. The van der Waals surface area contributed by atoms with Gasteiger partial charge < -0.3 is 15.0 Å². The zero-order valence-corrected chi connectivity index (χ0v) is 14.1. The van der Waals surface area contributed by atoms with Gasteiger partial charge in [-0.15, -0.1) is 0 Å². The number of carbonyl (C=O) groups excluding carboxylic acids is 1. The van der Waals surface area contributed by atoms with E-state index >= 15 is 0 Å². The molecule has 1 aliphatic rings. The monoisotopic (exact) mass is 326 g/mol. The third kappa shape index (κ3) is 5.33. The summed E-state index contributed by atoms with van der Waals surface area (Å²) in [6.45, 7) is 7.84. The van der Waals surface area contributed by atoms with E-state index in [4.69, 9.17) is 16.3 Å². The number of hydrogen-bond acceptors (Lipinski definition) is 5. The lowest BCUT2D eigenvalue weighted by atomic mass is 9.98. The zero-order chi connectivity index (χ0) is 16.2. The van der Waals surface area contributed by atoms with Crippen LogP contribution in [0.1, 0.15) is 33.6 Å². The Morgan fingerprint density at radius 1 is 1.50 bits per heavy atom. The Morgan fingerprint density at radius 3 is 2.95 bits per heavy atom. The third-order valence-corrected chi connectivity index (χ3v) is 3.58. The molecule has 1 aromatic rings. The lowest BCUT2D eigenvalue weighted by Crippen LogP contribution is -2.44. The number of aromatic nitrogens is 2. The molecule has 1 aromatic heterocycles. The van der Waals surface area contributed by atoms with Crippen LogP contribution in [-0.4, -0.2) is 46.2 Å². The topological polar surface area (TPSA) is 67.3 Å². The van der Waals surface area contributed by atoms with Crippen LogP contribution < -0.4 is 5.32 Å². The smallest absolute Gasteiger partial charge is 0.410 e. The van der Waals surface area contributed by atoms with Crippen molar-refractivity contribution in [3.8, 4) is 0 Å². The number of rotatable bonds is 3. The summed E-state index contributed by atoms with van der Waals surface area (Å²) >= 11 is 5.83. The maximum Gasteiger partial charge on any atom is 0.410 e. The molecule has 6 nitrogen and oxygen atoms in total. The summed E-state index contributed by atoms with van der Waals surface area (Å²) < 4.78 is 5.43. The van der Waals surface area contributed by atoms with Gasteiger partial charge in [-0.1, -0.05) is 11.6 Å². The van der Waals surface area contributed by atoms with Crippen LogP contribution in [0.4, 0.5) is 10.6 Å². The molecule has 1 saturated heterocycles. The Labute approximate surface area is 136 Å². The van der Waals surface area contributed by atoms with Crippen LogP contribution in [0.2, 0.25) is 5.15 Å². The Balaban J connectivity index is 1.84. The molecule has 1 aliphatic heterocycles. The predicted molar refractivity (Wildman–Crippen MR) is 86.1 cm³/mol. The molecule has 0 saturated carbocycles. The molecule has 0 aromatic carbocycles. The van der Waals surface area contributed by atoms with Crippen LogP contribution in [-0.2, 0) is 4.74 Å². The summed E-state index contributed by atoms with van der Waals surface area (Å²) in [5.74, 6) is 1.07. The van der Waals surface area contributed by atoms with E-state index in [1.165, 1.54) is 6.33 Å². The van der Waals surface area contributed by atoms with Crippen LogP contribution in [0.5, 0.6) is 0 Å². The van der Waals surface area contributed by atoms with Gasteiger partial charge in [-0.05, 0) is 39.5 Å². The van der Waals surface area contributed by atoms with Gasteiger partial charge in [0.15, 0.2) is 0 Å². The van der Waals surface area contributed by atoms with E-state index in [1.54, 1.807) is 11.0 Å². The number of amides is 1. The van der Waals surface area contributed by atoms with E-state index in [0.717, 1.165) is 25.9 Å². The van der Waals surface area contributed by atoms with E-state index in [1.807, 2.05) is 20.8 Å². The molecular weight excluding hydrogens is 304 g/mol. The molecule has 7 heteroatoms. The van der Waals surface area contributed by atoms with Gasteiger partial charge in [0.2, 0.25) is 0 Å². The Bertz CT molecular complexity index is 519. The first-order chi connectivity index (χ1) is 10.3. The summed E-state index contributed by atoms with van der Waals surface area (Å²) in [6, 6.07) is 1.69. The summed E-state index contributed by atoms with van der Waals surface area (Å²) in [7, 11) is 0. The normalized spacial score (nSPS) is 18.9. The van der Waals surface area contributed by atoms with Crippen molar-refractivity contribution in [2.75, 3.05) is 25.0 Å². The van der Waals surface area contributed by atoms with Gasteiger partial charge in [0.25, 0.3) is 0 Å². The minimum Gasteiger partial charge on any atom is -0.444 e. The van der Waals surface area contributed by atoms with Crippen LogP contribution in [0.3, 0.4) is 0 Å². The number of nitrogens with zero attached hydrogens (tertiary/aromatic N) is 3. The molecule has 0 bridgehead atoms. The molecule has 122 valence electrons. The minimum absolute atomic E-state index is 0.234. The Hall–Kier alpha value is -1.56. The predicted octanol–water partition coefficient (Wildman–Crippen LogP) is 3.19. The summed E-state index contributed by atoms with van der Waals surface area (Å²) in [5.41, 5.74) is -0.458. The Morgan fingerprint density at radius 2 is 2.27 bits per heavy atom. The number of nitrogens with one attached hydrogen (secondary N) is 1. The SMILES string of the molecule is CC(C)(C)OC(=O)N1CCC[C@@H](CNc2cc(Cl)ncn2)C1. The minimum atomic E-state index is -0.458. The highest BCUT2D eigenvalue weighted by Gasteiger charge is 2.27. The highest BCUT2D eigenvalue weighted by Crippen LogP contribution is 2.20. The summed E-state index contributed by atoms with van der Waals surface area (Å²) in [5, 5.41) is 3.66. The largest absolute Gasteiger partial charge is 0.444 e. The average Bonchev–Trinajstić information content (AvgIpc) is 2.44. The standard InChI is InChI=1S/C15H23ClN4O2/c1-15(2,3)22-14(21)20-6-4-5-11(9-20)8-17-13-7-12(16)18-10-19-13/h7,10-11H,4-6,8-9H2,1-3H3,(H,17,18,19)/t11-/m0/s1. The molecule has 1 fully saturated rings. The molecule has 2 rings (SSSR count). The number of anilines is 1. The van der Waals surface area contributed by atoms with Crippen molar-refractivity contribution in [2.24, 2.45) is 5.92 Å². The number of piperidine rings is 1. The molecular formula is C15H23ClN4O2. The van der Waals surface area contributed by atoms with Gasteiger partial charge >= 0.3 is 6.09 Å². The fourth-order valence-corrected chi connectivity index (χ4v) is 2.55. The fraction of sp³-hybridized carbons (Fsp3) is 0.667. The second-order valence-corrected chi connectivity index (χ2v) is 6.93. The summed E-state index contributed by atoms with van der Waals surface area (Å²) in [4.78, 5) is 21.9. The van der Waals surface area contributed by atoms with Crippen LogP contribution in [0.25, 0.3) is 0 Å². The lowest BCUT2D eigenvalue weighted by Gasteiger charge is -2.34. The van der Waals surface area contributed by atoms with Gasteiger partial charge in [0, 0.05) is 25.7 Å². The second kappa shape index (κ2) is 7.13. The number of halogens is 1. The molecule has 2 heterocycles. The van der Waals surface area contributed by atoms with E-state index < -0.39 is 5.60 Å². The highest BCUT2D eigenvalue weighted by atomic mass is 35.5. The first kappa shape index (κ1) is 16.8. The first-order valence-electron chi connectivity index (χ1n) is 7.53. The summed E-state index contributed by atoms with van der Waals surface area (Å²) in [6.07, 6.45) is 3.25. The quantitative estimate of drug-likeness (QED) is 0.864. The molecule has 0 unspecified atom stereocenters. The van der Waals surface area contributed by atoms with Crippen LogP contribution in [0.15, 0.2) is 12.4 Å². The van der Waals surface area contributed by atoms with Crippen molar-refractivity contribution in [3.05, 3.63) is 17.5 Å². The lowest BCUT2D eigenvalue weighted by molar-refractivity contribution is 0.0172.